The molecule has 9 aromatic rings. The summed E-state index contributed by atoms with van der Waals surface area (Å²) in [7, 11) is 0. The van der Waals surface area contributed by atoms with E-state index in [1.807, 2.05) is 182 Å². The Morgan fingerprint density at radius 2 is 0.909 bits per heavy atom. The van der Waals surface area contributed by atoms with Crippen LogP contribution in [0.5, 0.6) is 0 Å². The van der Waals surface area contributed by atoms with Crippen LogP contribution in [0.4, 0.5) is 11.5 Å². The van der Waals surface area contributed by atoms with Gasteiger partial charge in [0.15, 0.2) is 5.82 Å². The highest BCUT2D eigenvalue weighted by atomic mass is 32.2. The molecule has 3 aromatic heterocycles. The zero-order valence-electron chi connectivity index (χ0n) is 29.3. The molecule has 0 saturated heterocycles. The first-order chi connectivity index (χ1) is 27.2. The molecule has 9 rings (SSSR count). The van der Waals surface area contributed by atoms with Gasteiger partial charge in [-0.25, -0.2) is 9.97 Å². The van der Waals surface area contributed by atoms with Crippen molar-refractivity contribution in [1.29, 1.82) is 0 Å². The van der Waals surface area contributed by atoms with Gasteiger partial charge in [-0.3, -0.25) is 0 Å². The normalized spacial score (nSPS) is 11.0. The first-order valence-electron chi connectivity index (χ1n) is 17.7. The molecule has 55 heavy (non-hydrogen) atoms. The summed E-state index contributed by atoms with van der Waals surface area (Å²) in [4.78, 5) is 11.0. The number of nitrogens with one attached hydrogen (secondary N) is 1. The Balaban J connectivity index is 1.05. The van der Waals surface area contributed by atoms with Crippen LogP contribution < -0.4 is 5.32 Å². The fourth-order valence-corrected chi connectivity index (χ4v) is 7.00. The molecule has 0 atom stereocenters. The lowest BCUT2D eigenvalue weighted by Crippen LogP contribution is -2.09. The summed E-state index contributed by atoms with van der Waals surface area (Å²) >= 11 is 1.45. The van der Waals surface area contributed by atoms with Crippen LogP contribution in [0, 0.1) is 0 Å². The van der Waals surface area contributed by atoms with Gasteiger partial charge in [-0.15, -0.1) is 25.5 Å². The van der Waals surface area contributed by atoms with Crippen LogP contribution >= 0.6 is 11.8 Å². The van der Waals surface area contributed by atoms with E-state index < -0.39 is 0 Å². The summed E-state index contributed by atoms with van der Waals surface area (Å²) in [6.45, 7) is 0. The van der Waals surface area contributed by atoms with Gasteiger partial charge in [0.1, 0.15) is 22.8 Å². The maximum absolute atomic E-state index is 5.09. The molecular weight excluding hydrogens is 699 g/mol. The number of nitrogens with zero attached hydrogens (tertiary/aromatic N) is 8. The molecule has 6 aromatic carbocycles. The molecule has 0 unspecified atom stereocenters. The Morgan fingerprint density at radius 1 is 0.418 bits per heavy atom. The molecule has 0 aliphatic carbocycles. The molecule has 0 saturated carbocycles. The zero-order valence-corrected chi connectivity index (χ0v) is 30.1. The van der Waals surface area contributed by atoms with Gasteiger partial charge in [0.2, 0.25) is 5.16 Å². The molecule has 0 fully saturated rings. The fourth-order valence-electron chi connectivity index (χ4n) is 6.24. The van der Waals surface area contributed by atoms with Crippen LogP contribution in [0.1, 0.15) is 0 Å². The van der Waals surface area contributed by atoms with Crippen molar-refractivity contribution in [2.24, 2.45) is 0 Å². The zero-order chi connectivity index (χ0) is 36.8. The third-order valence-corrected chi connectivity index (χ3v) is 9.66. The second-order valence-corrected chi connectivity index (χ2v) is 13.6. The van der Waals surface area contributed by atoms with E-state index in [1.54, 1.807) is 4.68 Å². The molecule has 0 radical (unpaired) electrons. The standard InChI is InChI=1S/C45H31N9S/c1-6-17-31(18-7-1)38-30-39(53-54(38)44-47-40(32-19-8-2-9-20-32)42(49-51-44)34-23-12-4-13-24-34)46-36-27-16-28-37(29-36)55-45-48-41(33-21-10-3-11-22-33)43(50-52-45)35-25-14-5-15-26-35/h1-30H,(H,46,53). The minimum Gasteiger partial charge on any atom is -0.339 e. The number of rotatable bonds is 10. The molecule has 1 N–H and O–H groups in total. The number of benzene rings is 6. The van der Waals surface area contributed by atoms with Crippen molar-refractivity contribution in [1.82, 2.24) is 40.1 Å². The molecular formula is C45H31N9S. The molecule has 10 heteroatoms. The summed E-state index contributed by atoms with van der Waals surface area (Å²) in [6, 6.07) is 60.2. The SMILES string of the molecule is c1ccc(-c2nnc(Sc3cccc(Nc4cc(-c5ccccc5)n(-c5nnc(-c6ccccc6)c(-c6ccccc6)n5)n4)c3)nc2-c2ccccc2)cc1. The number of anilines is 2. The van der Waals surface area contributed by atoms with Crippen LogP contribution in [0.3, 0.4) is 0 Å². The summed E-state index contributed by atoms with van der Waals surface area (Å²) in [5.41, 5.74) is 9.35. The predicted octanol–water partition coefficient (Wildman–Crippen LogP) is 10.5. The Kier molecular flexibility index (Phi) is 9.36. The number of hydrogen-bond donors (Lipinski definition) is 1. The third-order valence-electron chi connectivity index (χ3n) is 8.82. The Morgan fingerprint density at radius 3 is 1.47 bits per heavy atom. The summed E-state index contributed by atoms with van der Waals surface area (Å²) in [6.07, 6.45) is 0. The maximum atomic E-state index is 5.09. The lowest BCUT2D eigenvalue weighted by molar-refractivity contribution is 0.785. The van der Waals surface area contributed by atoms with Crippen molar-refractivity contribution in [2.45, 2.75) is 10.1 Å². The van der Waals surface area contributed by atoms with Crippen molar-refractivity contribution in [3.63, 3.8) is 0 Å². The van der Waals surface area contributed by atoms with Crippen LogP contribution in [0.2, 0.25) is 0 Å². The Hall–Kier alpha value is -7.30. The second kappa shape index (κ2) is 15.4. The van der Waals surface area contributed by atoms with E-state index in [-0.39, 0.29) is 0 Å². The predicted molar refractivity (Wildman–Crippen MR) is 218 cm³/mol. The molecule has 0 amide bonds. The summed E-state index contributed by atoms with van der Waals surface area (Å²) < 4.78 is 1.74. The van der Waals surface area contributed by atoms with Gasteiger partial charge in [-0.2, -0.15) is 4.68 Å². The van der Waals surface area contributed by atoms with Crippen molar-refractivity contribution in [3.05, 3.63) is 182 Å². The van der Waals surface area contributed by atoms with E-state index in [2.05, 4.69) is 20.6 Å². The largest absolute Gasteiger partial charge is 0.339 e. The van der Waals surface area contributed by atoms with Gasteiger partial charge >= 0.3 is 0 Å². The van der Waals surface area contributed by atoms with Gasteiger partial charge in [0.05, 0.1) is 5.69 Å². The number of hydrogen-bond acceptors (Lipinski definition) is 9. The third kappa shape index (κ3) is 7.35. The average molecular weight is 730 g/mol. The molecule has 262 valence electrons. The van der Waals surface area contributed by atoms with Gasteiger partial charge in [-0.05, 0) is 30.0 Å². The maximum Gasteiger partial charge on any atom is 0.271 e. The van der Waals surface area contributed by atoms with Crippen LogP contribution in [0.25, 0.3) is 62.2 Å². The quantitative estimate of drug-likeness (QED) is 0.147. The van der Waals surface area contributed by atoms with E-state index in [9.17, 15) is 0 Å². The van der Waals surface area contributed by atoms with Crippen molar-refractivity contribution >= 4 is 23.3 Å². The highest BCUT2D eigenvalue weighted by Crippen LogP contribution is 2.34. The van der Waals surface area contributed by atoms with Gasteiger partial charge in [-0.1, -0.05) is 158 Å². The highest BCUT2D eigenvalue weighted by molar-refractivity contribution is 7.99. The van der Waals surface area contributed by atoms with Crippen molar-refractivity contribution in [3.8, 4) is 62.2 Å². The first-order valence-corrected chi connectivity index (χ1v) is 18.5. The Labute approximate surface area is 321 Å². The lowest BCUT2D eigenvalue weighted by Gasteiger charge is -2.11. The summed E-state index contributed by atoms with van der Waals surface area (Å²) in [5.74, 6) is 0.974. The number of aromatic nitrogens is 8. The smallest absolute Gasteiger partial charge is 0.271 e. The molecule has 0 spiro atoms. The molecule has 0 aliphatic rings. The van der Waals surface area contributed by atoms with Crippen molar-refractivity contribution in [2.75, 3.05) is 5.32 Å². The van der Waals surface area contributed by atoms with Crippen molar-refractivity contribution < 1.29 is 0 Å². The second-order valence-electron chi connectivity index (χ2n) is 12.5. The van der Waals surface area contributed by atoms with Gasteiger partial charge in [0.25, 0.3) is 5.95 Å². The van der Waals surface area contributed by atoms with E-state index in [0.29, 0.717) is 22.6 Å². The monoisotopic (exact) mass is 729 g/mol. The Bertz CT molecular complexity index is 2690. The van der Waals surface area contributed by atoms with E-state index in [0.717, 1.165) is 61.2 Å². The average Bonchev–Trinajstić information content (AvgIpc) is 3.69. The lowest BCUT2D eigenvalue weighted by atomic mass is 10.0. The van der Waals surface area contributed by atoms with Crippen LogP contribution in [0.15, 0.2) is 192 Å². The molecule has 0 bridgehead atoms. The van der Waals surface area contributed by atoms with E-state index in [1.165, 1.54) is 11.8 Å². The van der Waals surface area contributed by atoms with Gasteiger partial charge < -0.3 is 5.32 Å². The molecule has 9 nitrogen and oxygen atoms in total. The van der Waals surface area contributed by atoms with E-state index in [4.69, 9.17) is 20.2 Å². The minimum absolute atomic E-state index is 0.354. The van der Waals surface area contributed by atoms with E-state index >= 15 is 0 Å². The van der Waals surface area contributed by atoms with Crippen LogP contribution in [-0.2, 0) is 0 Å². The topological polar surface area (TPSA) is 107 Å². The minimum atomic E-state index is 0.354. The summed E-state index contributed by atoms with van der Waals surface area (Å²) in [5, 5.41) is 27.6. The fraction of sp³-hybridized carbons (Fsp3) is 0. The highest BCUT2D eigenvalue weighted by Gasteiger charge is 2.19. The molecule has 3 heterocycles. The first kappa shape index (κ1) is 33.5. The molecule has 0 aliphatic heterocycles. The van der Waals surface area contributed by atoms with Crippen LogP contribution in [-0.4, -0.2) is 40.1 Å². The van der Waals surface area contributed by atoms with Gasteiger partial charge in [0, 0.05) is 44.5 Å².